The predicted octanol–water partition coefficient (Wildman–Crippen LogP) is 0.970. The number of carboxylic acids is 1. The van der Waals surface area contributed by atoms with Crippen molar-refractivity contribution < 1.29 is 14.7 Å². The number of likely N-dealkylation sites (tertiary alicyclic amines) is 1. The molecule has 1 unspecified atom stereocenters. The van der Waals surface area contributed by atoms with Crippen LogP contribution in [0.3, 0.4) is 0 Å². The molecule has 0 saturated carbocycles. The third-order valence-electron chi connectivity index (χ3n) is 3.39. The highest BCUT2D eigenvalue weighted by atomic mass is 16.4. The van der Waals surface area contributed by atoms with E-state index >= 15 is 0 Å². The van der Waals surface area contributed by atoms with E-state index in [0.29, 0.717) is 25.8 Å². The second-order valence-electron chi connectivity index (χ2n) is 5.72. The minimum absolute atomic E-state index is 0.106. The van der Waals surface area contributed by atoms with Crippen LogP contribution >= 0.6 is 0 Å². The second-order valence-corrected chi connectivity index (χ2v) is 5.72. The van der Waals surface area contributed by atoms with Crippen LogP contribution in [0.1, 0.15) is 46.5 Å². The average Bonchev–Trinajstić information content (AvgIpc) is 2.57. The van der Waals surface area contributed by atoms with Crippen LogP contribution in [-0.2, 0) is 9.59 Å². The van der Waals surface area contributed by atoms with E-state index in [-0.39, 0.29) is 5.91 Å². The van der Waals surface area contributed by atoms with Gasteiger partial charge in [-0.3, -0.25) is 4.79 Å². The van der Waals surface area contributed by atoms with Gasteiger partial charge in [0.05, 0.1) is 0 Å². The molecule has 17 heavy (non-hydrogen) atoms. The van der Waals surface area contributed by atoms with E-state index in [1.54, 1.807) is 6.92 Å². The van der Waals surface area contributed by atoms with Crippen molar-refractivity contribution in [3.8, 4) is 0 Å². The summed E-state index contributed by atoms with van der Waals surface area (Å²) >= 11 is 0. The van der Waals surface area contributed by atoms with Crippen molar-refractivity contribution in [2.24, 2.45) is 5.73 Å². The molecule has 5 nitrogen and oxygen atoms in total. The Morgan fingerprint density at radius 3 is 2.53 bits per heavy atom. The van der Waals surface area contributed by atoms with Gasteiger partial charge in [-0.2, -0.15) is 0 Å². The zero-order valence-corrected chi connectivity index (χ0v) is 10.8. The maximum Gasteiger partial charge on any atom is 0.329 e. The molecule has 1 heterocycles. The summed E-state index contributed by atoms with van der Waals surface area (Å²) < 4.78 is 0. The van der Waals surface area contributed by atoms with Crippen LogP contribution in [0.5, 0.6) is 0 Å². The Kier molecular flexibility index (Phi) is 3.81. The summed E-state index contributed by atoms with van der Waals surface area (Å²) in [7, 11) is 0. The molecule has 1 atom stereocenters. The highest BCUT2D eigenvalue weighted by molar-refractivity contribution is 5.87. The molecular formula is C12H22N2O3. The summed E-state index contributed by atoms with van der Waals surface area (Å²) in [6.45, 7) is 5.88. The number of hydrogen-bond donors (Lipinski definition) is 2. The minimum atomic E-state index is -1.03. The molecule has 0 radical (unpaired) electrons. The summed E-state index contributed by atoms with van der Waals surface area (Å²) in [5, 5.41) is 9.20. The molecule has 3 N–H and O–H groups in total. The van der Waals surface area contributed by atoms with E-state index in [1.807, 2.05) is 13.8 Å². The first-order valence-electron chi connectivity index (χ1n) is 5.99. The first-order chi connectivity index (χ1) is 7.67. The van der Waals surface area contributed by atoms with Crippen molar-refractivity contribution >= 4 is 11.9 Å². The summed E-state index contributed by atoms with van der Waals surface area (Å²) in [6, 6.07) is 0. The maximum absolute atomic E-state index is 12.0. The van der Waals surface area contributed by atoms with Gasteiger partial charge in [-0.1, -0.05) is 0 Å². The van der Waals surface area contributed by atoms with Crippen LogP contribution in [-0.4, -0.2) is 39.5 Å². The molecule has 1 aliphatic heterocycles. The molecule has 5 heteroatoms. The second kappa shape index (κ2) is 4.64. The van der Waals surface area contributed by atoms with Crippen molar-refractivity contribution in [2.75, 3.05) is 6.54 Å². The van der Waals surface area contributed by atoms with E-state index in [0.717, 1.165) is 6.42 Å². The number of carbonyl (C=O) groups is 2. The Hall–Kier alpha value is -1.10. The van der Waals surface area contributed by atoms with Crippen molar-refractivity contribution in [1.82, 2.24) is 4.90 Å². The topological polar surface area (TPSA) is 83.6 Å². The van der Waals surface area contributed by atoms with Gasteiger partial charge in [0.25, 0.3) is 0 Å². The molecule has 1 amide bonds. The van der Waals surface area contributed by atoms with Gasteiger partial charge in [0.2, 0.25) is 5.91 Å². The molecule has 1 rings (SSSR count). The third-order valence-corrected chi connectivity index (χ3v) is 3.39. The number of aliphatic carboxylic acids is 1. The highest BCUT2D eigenvalue weighted by Gasteiger charge is 2.45. The SMILES string of the molecule is CC(C)(N)CCC(=O)N1CCCC1(C)C(=O)O. The van der Waals surface area contributed by atoms with Crippen molar-refractivity contribution in [3.63, 3.8) is 0 Å². The molecule has 1 aliphatic rings. The molecule has 1 saturated heterocycles. The van der Waals surface area contributed by atoms with Gasteiger partial charge in [0.1, 0.15) is 5.54 Å². The molecule has 0 aromatic heterocycles. The zero-order chi connectivity index (χ0) is 13.3. The van der Waals surface area contributed by atoms with E-state index in [9.17, 15) is 14.7 Å². The quantitative estimate of drug-likeness (QED) is 0.769. The summed E-state index contributed by atoms with van der Waals surface area (Å²) in [6.07, 6.45) is 2.16. The van der Waals surface area contributed by atoms with E-state index in [1.165, 1.54) is 4.90 Å². The number of carboxylic acid groups (broad SMARTS) is 1. The predicted molar refractivity (Wildman–Crippen MR) is 64.5 cm³/mol. The lowest BCUT2D eigenvalue weighted by molar-refractivity contribution is -0.155. The number of rotatable bonds is 4. The number of carbonyl (C=O) groups excluding carboxylic acids is 1. The van der Waals surface area contributed by atoms with Crippen LogP contribution in [0, 0.1) is 0 Å². The fourth-order valence-corrected chi connectivity index (χ4v) is 2.15. The Labute approximate surface area is 102 Å². The third kappa shape index (κ3) is 3.19. The van der Waals surface area contributed by atoms with Crippen LogP contribution in [0.25, 0.3) is 0 Å². The molecule has 0 aromatic carbocycles. The molecule has 98 valence electrons. The van der Waals surface area contributed by atoms with E-state index < -0.39 is 17.0 Å². The smallest absolute Gasteiger partial charge is 0.329 e. The van der Waals surface area contributed by atoms with Crippen molar-refractivity contribution in [1.29, 1.82) is 0 Å². The molecule has 0 aromatic rings. The fourth-order valence-electron chi connectivity index (χ4n) is 2.15. The highest BCUT2D eigenvalue weighted by Crippen LogP contribution is 2.30. The van der Waals surface area contributed by atoms with Gasteiger partial charge in [-0.15, -0.1) is 0 Å². The summed E-state index contributed by atoms with van der Waals surface area (Å²) in [5.74, 6) is -1.03. The molecule has 1 fully saturated rings. The average molecular weight is 242 g/mol. The lowest BCUT2D eigenvalue weighted by Gasteiger charge is -2.32. The Balaban J connectivity index is 2.66. The van der Waals surface area contributed by atoms with Gasteiger partial charge < -0.3 is 15.7 Å². The number of amides is 1. The summed E-state index contributed by atoms with van der Waals surface area (Å²) in [5.41, 5.74) is 4.40. The van der Waals surface area contributed by atoms with Gasteiger partial charge in [-0.05, 0) is 40.0 Å². The lowest BCUT2D eigenvalue weighted by atomic mass is 9.96. The van der Waals surface area contributed by atoms with Gasteiger partial charge in [0.15, 0.2) is 0 Å². The molecular weight excluding hydrogens is 220 g/mol. The van der Waals surface area contributed by atoms with Gasteiger partial charge in [0, 0.05) is 18.5 Å². The monoisotopic (exact) mass is 242 g/mol. The van der Waals surface area contributed by atoms with Crippen LogP contribution in [0.4, 0.5) is 0 Å². The zero-order valence-electron chi connectivity index (χ0n) is 10.8. The maximum atomic E-state index is 12.0. The molecule has 0 bridgehead atoms. The fraction of sp³-hybridized carbons (Fsp3) is 0.833. The molecule has 0 aliphatic carbocycles. The normalized spacial score (nSPS) is 25.1. The largest absolute Gasteiger partial charge is 0.480 e. The standard InChI is InChI=1S/C12H22N2O3/c1-11(2,13)7-5-9(15)14-8-4-6-12(14,3)10(16)17/h4-8,13H2,1-3H3,(H,16,17). The van der Waals surface area contributed by atoms with E-state index in [2.05, 4.69) is 0 Å². The van der Waals surface area contributed by atoms with Crippen LogP contribution < -0.4 is 5.73 Å². The minimum Gasteiger partial charge on any atom is -0.480 e. The molecule has 0 spiro atoms. The van der Waals surface area contributed by atoms with Crippen molar-refractivity contribution in [3.05, 3.63) is 0 Å². The number of nitrogens with zero attached hydrogens (tertiary/aromatic N) is 1. The summed E-state index contributed by atoms with van der Waals surface area (Å²) in [4.78, 5) is 24.7. The van der Waals surface area contributed by atoms with Crippen molar-refractivity contribution in [2.45, 2.75) is 57.5 Å². The lowest BCUT2D eigenvalue weighted by Crippen LogP contribution is -2.51. The van der Waals surface area contributed by atoms with Gasteiger partial charge in [-0.25, -0.2) is 4.79 Å². The van der Waals surface area contributed by atoms with Gasteiger partial charge >= 0.3 is 5.97 Å². The first kappa shape index (κ1) is 14.0. The Morgan fingerprint density at radius 2 is 2.06 bits per heavy atom. The van der Waals surface area contributed by atoms with Crippen LogP contribution in [0.15, 0.2) is 0 Å². The first-order valence-corrected chi connectivity index (χ1v) is 5.99. The van der Waals surface area contributed by atoms with E-state index in [4.69, 9.17) is 5.73 Å². The number of nitrogens with two attached hydrogens (primary N) is 1. The Morgan fingerprint density at radius 1 is 1.47 bits per heavy atom. The van der Waals surface area contributed by atoms with Crippen LogP contribution in [0.2, 0.25) is 0 Å². The Bertz CT molecular complexity index is 322. The number of hydrogen-bond acceptors (Lipinski definition) is 3.